The summed E-state index contributed by atoms with van der Waals surface area (Å²) in [5.74, 6) is -0.442. The highest BCUT2D eigenvalue weighted by Gasteiger charge is 2.33. The second kappa shape index (κ2) is 10.4. The fourth-order valence-corrected chi connectivity index (χ4v) is 5.79. The van der Waals surface area contributed by atoms with Crippen LogP contribution in [0.4, 0.5) is 13.2 Å². The topological polar surface area (TPSA) is 63.5 Å². The molecular formula is C26H27BrF3N5O2. The molecule has 196 valence electrons. The van der Waals surface area contributed by atoms with Crippen LogP contribution >= 0.6 is 15.9 Å². The van der Waals surface area contributed by atoms with Crippen LogP contribution in [-0.2, 0) is 0 Å². The van der Waals surface area contributed by atoms with Crippen LogP contribution < -0.4 is 4.74 Å². The summed E-state index contributed by atoms with van der Waals surface area (Å²) in [5, 5.41) is 4.75. The average Bonchev–Trinajstić information content (AvgIpc) is 3.52. The molecule has 3 aromatic rings. The molecule has 2 aromatic heterocycles. The van der Waals surface area contributed by atoms with Crippen molar-refractivity contribution in [2.24, 2.45) is 0 Å². The number of halogens is 4. The molecule has 0 aliphatic carbocycles. The molecular weight excluding hydrogens is 551 g/mol. The first kappa shape index (κ1) is 25.7. The van der Waals surface area contributed by atoms with Gasteiger partial charge in [0.15, 0.2) is 0 Å². The van der Waals surface area contributed by atoms with E-state index in [1.54, 1.807) is 36.1 Å². The molecule has 2 fully saturated rings. The maximum absolute atomic E-state index is 13.9. The van der Waals surface area contributed by atoms with Crippen LogP contribution in [0.2, 0.25) is 0 Å². The number of alkyl halides is 3. The molecule has 0 bridgehead atoms. The molecule has 0 spiro atoms. The van der Waals surface area contributed by atoms with Crippen molar-refractivity contribution in [1.29, 1.82) is 0 Å². The lowest BCUT2D eigenvalue weighted by Gasteiger charge is -2.36. The molecule has 11 heteroatoms. The summed E-state index contributed by atoms with van der Waals surface area (Å²) >= 11 is 3.35. The van der Waals surface area contributed by atoms with Crippen LogP contribution in [0.1, 0.15) is 41.7 Å². The molecule has 4 heterocycles. The predicted molar refractivity (Wildman–Crippen MR) is 136 cm³/mol. The highest BCUT2D eigenvalue weighted by molar-refractivity contribution is 9.10. The Hall–Kier alpha value is -2.92. The summed E-state index contributed by atoms with van der Waals surface area (Å²) in [5.41, 5.74) is 2.82. The van der Waals surface area contributed by atoms with Crippen molar-refractivity contribution >= 4 is 21.8 Å². The fourth-order valence-electron chi connectivity index (χ4n) is 5.26. The summed E-state index contributed by atoms with van der Waals surface area (Å²) in [6.07, 6.45) is 2.85. The van der Waals surface area contributed by atoms with E-state index in [0.717, 1.165) is 31.5 Å². The average molecular weight is 578 g/mol. The van der Waals surface area contributed by atoms with Gasteiger partial charge in [-0.3, -0.25) is 9.78 Å². The van der Waals surface area contributed by atoms with Crippen molar-refractivity contribution in [3.8, 4) is 22.7 Å². The van der Waals surface area contributed by atoms with Gasteiger partial charge in [0.1, 0.15) is 11.4 Å². The molecule has 2 saturated heterocycles. The summed E-state index contributed by atoms with van der Waals surface area (Å²) in [6.45, 7) is 5.42. The van der Waals surface area contributed by atoms with Crippen LogP contribution in [-0.4, -0.2) is 69.1 Å². The molecule has 0 saturated carbocycles. The summed E-state index contributed by atoms with van der Waals surface area (Å²) in [6, 6.07) is 8.04. The number of benzene rings is 1. The van der Waals surface area contributed by atoms with E-state index in [9.17, 15) is 18.0 Å². The van der Waals surface area contributed by atoms with Crippen molar-refractivity contribution in [2.75, 3.05) is 26.2 Å². The molecule has 5 rings (SSSR count). The summed E-state index contributed by atoms with van der Waals surface area (Å²) in [7, 11) is 0. The highest BCUT2D eigenvalue weighted by Crippen LogP contribution is 2.34. The number of likely N-dealkylation sites (tertiary alicyclic amines) is 2. The predicted octanol–water partition coefficient (Wildman–Crippen LogP) is 5.60. The van der Waals surface area contributed by atoms with E-state index in [2.05, 4.69) is 30.6 Å². The number of hydrogen-bond donors (Lipinski definition) is 0. The number of pyridine rings is 1. The number of rotatable bonds is 5. The Labute approximate surface area is 221 Å². The third-order valence-corrected chi connectivity index (χ3v) is 7.71. The Balaban J connectivity index is 1.47. The highest BCUT2D eigenvalue weighted by atomic mass is 79.9. The Morgan fingerprint density at radius 1 is 1.05 bits per heavy atom. The van der Waals surface area contributed by atoms with Gasteiger partial charge in [-0.2, -0.15) is 5.10 Å². The summed E-state index contributed by atoms with van der Waals surface area (Å²) in [4.78, 5) is 22.4. The van der Waals surface area contributed by atoms with Gasteiger partial charge >= 0.3 is 6.36 Å². The number of ether oxygens (including phenoxy) is 1. The van der Waals surface area contributed by atoms with Crippen molar-refractivity contribution < 1.29 is 22.7 Å². The van der Waals surface area contributed by atoms with Gasteiger partial charge in [-0.05, 0) is 92.0 Å². The maximum Gasteiger partial charge on any atom is 0.573 e. The molecule has 0 atom stereocenters. The maximum atomic E-state index is 13.9. The second-order valence-corrected chi connectivity index (χ2v) is 10.2. The first-order chi connectivity index (χ1) is 17.7. The van der Waals surface area contributed by atoms with Crippen LogP contribution in [0.25, 0.3) is 16.9 Å². The Kier molecular flexibility index (Phi) is 7.26. The van der Waals surface area contributed by atoms with Crippen LogP contribution in [0.5, 0.6) is 5.75 Å². The van der Waals surface area contributed by atoms with Gasteiger partial charge < -0.3 is 14.5 Å². The van der Waals surface area contributed by atoms with E-state index in [4.69, 9.17) is 5.10 Å². The van der Waals surface area contributed by atoms with Crippen LogP contribution in [0, 0.1) is 6.92 Å². The van der Waals surface area contributed by atoms with Gasteiger partial charge in [-0.25, -0.2) is 4.68 Å². The lowest BCUT2D eigenvalue weighted by molar-refractivity contribution is -0.274. The molecule has 2 aliphatic heterocycles. The van der Waals surface area contributed by atoms with Gasteiger partial charge in [-0.15, -0.1) is 13.2 Å². The van der Waals surface area contributed by atoms with E-state index in [-0.39, 0.29) is 11.7 Å². The lowest BCUT2D eigenvalue weighted by Crippen LogP contribution is -2.46. The first-order valence-corrected chi connectivity index (χ1v) is 13.1. The molecule has 0 unspecified atom stereocenters. The molecule has 2 aliphatic rings. The quantitative estimate of drug-likeness (QED) is 0.395. The second-order valence-electron chi connectivity index (χ2n) is 9.38. The number of piperidine rings is 1. The normalized spacial score (nSPS) is 17.4. The third-order valence-electron chi connectivity index (χ3n) is 7.07. The summed E-state index contributed by atoms with van der Waals surface area (Å²) < 4.78 is 44.0. The minimum absolute atomic E-state index is 0.0939. The fraction of sp³-hybridized carbons (Fsp3) is 0.423. The van der Waals surface area contributed by atoms with Crippen molar-refractivity contribution in [2.45, 2.75) is 45.0 Å². The number of hydrogen-bond acceptors (Lipinski definition) is 5. The van der Waals surface area contributed by atoms with E-state index in [1.165, 1.54) is 31.0 Å². The van der Waals surface area contributed by atoms with Crippen molar-refractivity contribution in [3.05, 3.63) is 58.5 Å². The zero-order valence-corrected chi connectivity index (χ0v) is 21.9. The molecule has 7 nitrogen and oxygen atoms in total. The standard InChI is InChI=1S/C26H27BrF3N5O2/c1-17-23(25(36)34-14-8-19(9-15-34)33-12-2-3-13-33)24(18-6-10-31-11-7-18)32-35(17)22-5-4-20(16-21(22)27)37-26(28,29)30/h4-7,10-11,16,19H,2-3,8-9,12-15H2,1H3. The number of carbonyl (C=O) groups is 1. The Morgan fingerprint density at radius 2 is 1.73 bits per heavy atom. The van der Waals surface area contributed by atoms with Gasteiger partial charge in [-0.1, -0.05) is 0 Å². The zero-order valence-electron chi connectivity index (χ0n) is 20.3. The number of nitrogens with zero attached hydrogens (tertiary/aromatic N) is 5. The van der Waals surface area contributed by atoms with E-state index in [0.29, 0.717) is 46.2 Å². The monoisotopic (exact) mass is 577 g/mol. The van der Waals surface area contributed by atoms with Gasteiger partial charge in [0, 0.05) is 41.6 Å². The molecule has 0 N–H and O–H groups in total. The molecule has 1 amide bonds. The van der Waals surface area contributed by atoms with E-state index in [1.807, 2.05) is 4.90 Å². The Bertz CT molecular complexity index is 1270. The SMILES string of the molecule is Cc1c(C(=O)N2CCC(N3CCCC3)CC2)c(-c2ccncc2)nn1-c1ccc(OC(F)(F)F)cc1Br. The number of aromatic nitrogens is 3. The lowest BCUT2D eigenvalue weighted by atomic mass is 10.0. The molecule has 0 radical (unpaired) electrons. The van der Waals surface area contributed by atoms with Crippen molar-refractivity contribution in [3.63, 3.8) is 0 Å². The van der Waals surface area contributed by atoms with E-state index >= 15 is 0 Å². The van der Waals surface area contributed by atoms with Crippen LogP contribution in [0.3, 0.4) is 0 Å². The van der Waals surface area contributed by atoms with Crippen LogP contribution in [0.15, 0.2) is 47.2 Å². The van der Waals surface area contributed by atoms with Crippen molar-refractivity contribution in [1.82, 2.24) is 24.6 Å². The third kappa shape index (κ3) is 5.52. The van der Waals surface area contributed by atoms with Gasteiger partial charge in [0.2, 0.25) is 0 Å². The van der Waals surface area contributed by atoms with Gasteiger partial charge in [0.25, 0.3) is 5.91 Å². The van der Waals surface area contributed by atoms with Gasteiger partial charge in [0.05, 0.1) is 16.9 Å². The van der Waals surface area contributed by atoms with E-state index < -0.39 is 6.36 Å². The minimum Gasteiger partial charge on any atom is -0.406 e. The molecule has 37 heavy (non-hydrogen) atoms. The first-order valence-electron chi connectivity index (χ1n) is 12.3. The Morgan fingerprint density at radius 3 is 2.35 bits per heavy atom. The largest absolute Gasteiger partial charge is 0.573 e. The smallest absolute Gasteiger partial charge is 0.406 e. The minimum atomic E-state index is -4.79. The number of carbonyl (C=O) groups excluding carboxylic acids is 1. The number of amides is 1. The zero-order chi connectivity index (χ0) is 26.2. The molecule has 1 aromatic carbocycles.